The van der Waals surface area contributed by atoms with E-state index in [-0.39, 0.29) is 22.6 Å². The van der Waals surface area contributed by atoms with Crippen molar-refractivity contribution in [3.05, 3.63) is 18.0 Å². The minimum absolute atomic E-state index is 0.0481. The molecule has 1 atom stereocenters. The van der Waals surface area contributed by atoms with E-state index >= 15 is 0 Å². The van der Waals surface area contributed by atoms with E-state index in [4.69, 9.17) is 9.47 Å². The Bertz CT molecular complexity index is 727. The summed E-state index contributed by atoms with van der Waals surface area (Å²) >= 11 is 0. The van der Waals surface area contributed by atoms with E-state index in [9.17, 15) is 18.0 Å². The Morgan fingerprint density at radius 3 is 2.79 bits per heavy atom. The van der Waals surface area contributed by atoms with Crippen LogP contribution in [-0.2, 0) is 31.3 Å². The van der Waals surface area contributed by atoms with E-state index < -0.39 is 22.6 Å². The van der Waals surface area contributed by atoms with E-state index in [0.29, 0.717) is 19.7 Å². The second kappa shape index (κ2) is 7.32. The van der Waals surface area contributed by atoms with Crippen LogP contribution in [0.5, 0.6) is 0 Å². The zero-order chi connectivity index (χ0) is 17.9. The fourth-order valence-electron chi connectivity index (χ4n) is 2.34. The quantitative estimate of drug-likeness (QED) is 0.699. The topological polar surface area (TPSA) is 107 Å². The van der Waals surface area contributed by atoms with Crippen molar-refractivity contribution in [1.82, 2.24) is 14.2 Å². The second-order valence-corrected chi connectivity index (χ2v) is 7.36. The Kier molecular flexibility index (Phi) is 5.62. The molecular weight excluding hydrogens is 338 g/mol. The van der Waals surface area contributed by atoms with Gasteiger partial charge in [-0.2, -0.15) is 0 Å². The van der Waals surface area contributed by atoms with Gasteiger partial charge >= 0.3 is 5.97 Å². The molecule has 0 radical (unpaired) electrons. The number of ether oxygens (including phenoxy) is 2. The zero-order valence-electron chi connectivity index (χ0n) is 13.8. The van der Waals surface area contributed by atoms with Gasteiger partial charge in [0.05, 0.1) is 12.7 Å². The molecule has 1 saturated heterocycles. The number of hydrogen-bond donors (Lipinski definition) is 1. The zero-order valence-corrected chi connectivity index (χ0v) is 14.6. The predicted octanol–water partition coefficient (Wildman–Crippen LogP) is -0.663. The molecule has 1 unspecified atom stereocenters. The number of esters is 1. The van der Waals surface area contributed by atoms with Gasteiger partial charge in [0.25, 0.3) is 5.91 Å². The van der Waals surface area contributed by atoms with Gasteiger partial charge in [-0.15, -0.1) is 0 Å². The number of carbonyl (C=O) groups excluding carboxylic acids is 2. The van der Waals surface area contributed by atoms with Crippen molar-refractivity contribution < 1.29 is 27.5 Å². The molecule has 1 fully saturated rings. The lowest BCUT2D eigenvalue weighted by atomic mass is 10.3. The van der Waals surface area contributed by atoms with E-state index in [2.05, 4.69) is 4.72 Å². The van der Waals surface area contributed by atoms with Crippen LogP contribution in [-0.4, -0.2) is 69.2 Å². The second-order valence-electron chi connectivity index (χ2n) is 5.48. The van der Waals surface area contributed by atoms with E-state index in [1.807, 2.05) is 6.92 Å². The molecule has 1 aromatic heterocycles. The number of morpholine rings is 1. The average molecular weight is 359 g/mol. The number of nitrogens with one attached hydrogen (secondary N) is 1. The number of aromatic nitrogens is 1. The van der Waals surface area contributed by atoms with Crippen LogP contribution in [0.15, 0.2) is 17.2 Å². The summed E-state index contributed by atoms with van der Waals surface area (Å²) in [5.41, 5.74) is 0.0481. The van der Waals surface area contributed by atoms with E-state index in [1.54, 1.807) is 4.90 Å². The van der Waals surface area contributed by atoms with Crippen LogP contribution in [0.25, 0.3) is 0 Å². The highest BCUT2D eigenvalue weighted by atomic mass is 32.2. The Morgan fingerprint density at radius 2 is 2.17 bits per heavy atom. The first-order valence-electron chi connectivity index (χ1n) is 7.41. The van der Waals surface area contributed by atoms with Gasteiger partial charge in [-0.05, 0) is 20.0 Å². The molecule has 0 aliphatic carbocycles. The van der Waals surface area contributed by atoms with Crippen LogP contribution >= 0.6 is 0 Å². The molecule has 2 rings (SSSR count). The van der Waals surface area contributed by atoms with E-state index in [0.717, 1.165) is 0 Å². The molecule has 0 aromatic carbocycles. The lowest BCUT2D eigenvalue weighted by Gasteiger charge is -2.30. The summed E-state index contributed by atoms with van der Waals surface area (Å²) in [5, 5.41) is 0. The van der Waals surface area contributed by atoms with Crippen molar-refractivity contribution in [2.75, 3.05) is 33.4 Å². The summed E-state index contributed by atoms with van der Waals surface area (Å²) in [6.45, 7) is 2.81. The average Bonchev–Trinajstić information content (AvgIpc) is 2.95. The molecule has 1 aliphatic heterocycles. The van der Waals surface area contributed by atoms with E-state index in [1.165, 1.54) is 30.9 Å². The molecule has 0 spiro atoms. The number of hydrogen-bond acceptors (Lipinski definition) is 6. The molecule has 1 N–H and O–H groups in total. The van der Waals surface area contributed by atoms with Crippen molar-refractivity contribution in [2.24, 2.45) is 7.05 Å². The summed E-state index contributed by atoms with van der Waals surface area (Å²) < 4.78 is 37.4. The molecule has 9 nitrogen and oxygen atoms in total. The predicted molar refractivity (Wildman–Crippen MR) is 83.9 cm³/mol. The van der Waals surface area contributed by atoms with Gasteiger partial charge in [-0.3, -0.25) is 4.79 Å². The molecular formula is C14H21N3O6S. The highest BCUT2D eigenvalue weighted by molar-refractivity contribution is 7.89. The minimum Gasteiger partial charge on any atom is -0.451 e. The molecule has 1 aromatic rings. The molecule has 134 valence electrons. The molecule has 1 amide bonds. The van der Waals surface area contributed by atoms with Gasteiger partial charge in [-0.1, -0.05) is 0 Å². The Balaban J connectivity index is 1.99. The molecule has 0 bridgehead atoms. The number of rotatable bonds is 5. The molecule has 0 saturated carbocycles. The van der Waals surface area contributed by atoms with Crippen LogP contribution in [0.3, 0.4) is 0 Å². The lowest BCUT2D eigenvalue weighted by molar-refractivity contribution is -0.141. The van der Waals surface area contributed by atoms with Gasteiger partial charge in [0, 0.05) is 26.3 Å². The third kappa shape index (κ3) is 4.13. The van der Waals surface area contributed by atoms with Crippen LogP contribution in [0, 0.1) is 0 Å². The van der Waals surface area contributed by atoms with Gasteiger partial charge in [0.1, 0.15) is 10.6 Å². The van der Waals surface area contributed by atoms with Crippen LogP contribution < -0.4 is 4.72 Å². The van der Waals surface area contributed by atoms with Crippen molar-refractivity contribution in [2.45, 2.75) is 17.9 Å². The first kappa shape index (κ1) is 18.4. The molecule has 24 heavy (non-hydrogen) atoms. The first-order chi connectivity index (χ1) is 11.2. The smallest absolute Gasteiger partial charge is 0.355 e. The van der Waals surface area contributed by atoms with Gasteiger partial charge in [0.2, 0.25) is 10.0 Å². The summed E-state index contributed by atoms with van der Waals surface area (Å²) in [6, 6.07) is 1.20. The third-order valence-electron chi connectivity index (χ3n) is 3.69. The minimum atomic E-state index is -3.66. The highest BCUT2D eigenvalue weighted by Crippen LogP contribution is 2.14. The van der Waals surface area contributed by atoms with Gasteiger partial charge < -0.3 is 18.9 Å². The first-order valence-corrected chi connectivity index (χ1v) is 8.89. The maximum atomic E-state index is 12.1. The van der Waals surface area contributed by atoms with Crippen molar-refractivity contribution in [3.63, 3.8) is 0 Å². The maximum Gasteiger partial charge on any atom is 0.355 e. The molecule has 10 heteroatoms. The molecule has 2 heterocycles. The van der Waals surface area contributed by atoms with Crippen molar-refractivity contribution >= 4 is 21.9 Å². The lowest BCUT2D eigenvalue weighted by Crippen LogP contribution is -2.46. The Hall–Kier alpha value is -1.91. The SMILES string of the molecule is CNS(=O)(=O)c1cc(C(=O)OCC(=O)N2CCOC(C)C2)n(C)c1. The van der Waals surface area contributed by atoms with Crippen LogP contribution in [0.4, 0.5) is 0 Å². The van der Waals surface area contributed by atoms with Crippen LogP contribution in [0.1, 0.15) is 17.4 Å². The summed E-state index contributed by atoms with van der Waals surface area (Å²) in [7, 11) is -0.851. The monoisotopic (exact) mass is 359 g/mol. The maximum absolute atomic E-state index is 12.1. The molecule has 1 aliphatic rings. The third-order valence-corrected chi connectivity index (χ3v) is 5.07. The van der Waals surface area contributed by atoms with Crippen molar-refractivity contribution in [3.8, 4) is 0 Å². The summed E-state index contributed by atoms with van der Waals surface area (Å²) in [6.07, 6.45) is 1.24. The summed E-state index contributed by atoms with van der Waals surface area (Å²) in [4.78, 5) is 25.7. The fraction of sp³-hybridized carbons (Fsp3) is 0.571. The number of carbonyl (C=O) groups is 2. The normalized spacial score (nSPS) is 18.5. The standard InChI is InChI=1S/C14H21N3O6S/c1-10-7-17(4-5-22-10)13(18)9-23-14(19)12-6-11(8-16(12)3)24(20,21)15-2/h6,8,10,15H,4-5,7,9H2,1-3H3. The fourth-order valence-corrected chi connectivity index (χ4v) is 3.14. The van der Waals surface area contributed by atoms with Gasteiger partial charge in [0.15, 0.2) is 6.61 Å². The van der Waals surface area contributed by atoms with Crippen LogP contribution in [0.2, 0.25) is 0 Å². The van der Waals surface area contributed by atoms with Crippen molar-refractivity contribution in [1.29, 1.82) is 0 Å². The number of nitrogens with zero attached hydrogens (tertiary/aromatic N) is 2. The number of amides is 1. The summed E-state index contributed by atoms with van der Waals surface area (Å²) in [5.74, 6) is -1.07. The largest absolute Gasteiger partial charge is 0.451 e. The number of aryl methyl sites for hydroxylation is 1. The Morgan fingerprint density at radius 1 is 1.46 bits per heavy atom. The Labute approximate surface area is 140 Å². The highest BCUT2D eigenvalue weighted by Gasteiger charge is 2.24. The van der Waals surface area contributed by atoms with Gasteiger partial charge in [-0.25, -0.2) is 17.9 Å². The number of sulfonamides is 1.